The zero-order valence-corrected chi connectivity index (χ0v) is 18.0. The number of hydrogen-bond donors (Lipinski definition) is 1. The summed E-state index contributed by atoms with van der Waals surface area (Å²) in [4.78, 5) is 26.5. The van der Waals surface area contributed by atoms with Gasteiger partial charge in [0.05, 0.1) is 11.9 Å². The maximum Gasteiger partial charge on any atom is 0.315 e. The number of hydrogen-bond acceptors (Lipinski definition) is 6. The van der Waals surface area contributed by atoms with Crippen LogP contribution in [-0.2, 0) is 10.2 Å². The molecule has 7 heteroatoms. The van der Waals surface area contributed by atoms with Crippen molar-refractivity contribution in [3.63, 3.8) is 0 Å². The minimum absolute atomic E-state index is 0.455. The number of benzene rings is 2. The Bertz CT molecular complexity index is 896. The van der Waals surface area contributed by atoms with Crippen LogP contribution in [0.4, 0.5) is 0 Å². The van der Waals surface area contributed by atoms with Gasteiger partial charge in [-0.15, -0.1) is 4.91 Å². The van der Waals surface area contributed by atoms with E-state index in [0.717, 1.165) is 47.1 Å². The van der Waals surface area contributed by atoms with Gasteiger partial charge in [0.1, 0.15) is 11.2 Å². The summed E-state index contributed by atoms with van der Waals surface area (Å²) in [5.41, 5.74) is -0.444. The summed E-state index contributed by atoms with van der Waals surface area (Å²) in [5, 5.41) is 12.5. The summed E-state index contributed by atoms with van der Waals surface area (Å²) in [6.45, 7) is 3.48. The second kappa shape index (κ2) is 8.71. The fraction of sp³-hybridized carbons (Fsp3) is 0.500. The number of methoxy groups -OCH3 is 1. The van der Waals surface area contributed by atoms with E-state index >= 15 is 0 Å². The Labute approximate surface area is 175 Å². The van der Waals surface area contributed by atoms with Crippen molar-refractivity contribution < 1.29 is 14.6 Å². The molecule has 0 aromatic heterocycles. The zero-order chi connectivity index (χ0) is 21.1. The van der Waals surface area contributed by atoms with Crippen LogP contribution in [0.2, 0.25) is 0 Å². The topological polar surface area (TPSA) is 79.2 Å². The maximum absolute atomic E-state index is 12.9. The summed E-state index contributed by atoms with van der Waals surface area (Å²) in [5.74, 6) is -0.122. The summed E-state index contributed by atoms with van der Waals surface area (Å²) in [6, 6.07) is 11.6. The Morgan fingerprint density at radius 1 is 1.24 bits per heavy atom. The SMILES string of the molecule is CCC[C@@](C(=O)O)(c1ccc2cc(OC)ccc2c1)C1(SN=O)CCN(C)CC1. The normalized spacial score (nSPS) is 18.9. The molecule has 1 N–H and O–H groups in total. The van der Waals surface area contributed by atoms with Crippen molar-refractivity contribution in [2.75, 3.05) is 27.2 Å². The third-order valence-corrected chi connectivity index (χ3v) is 7.50. The zero-order valence-electron chi connectivity index (χ0n) is 17.2. The number of rotatable bonds is 8. The smallest absolute Gasteiger partial charge is 0.315 e. The van der Waals surface area contributed by atoms with Gasteiger partial charge in [0.15, 0.2) is 0 Å². The van der Waals surface area contributed by atoms with Crippen LogP contribution in [0.3, 0.4) is 0 Å². The molecule has 0 unspecified atom stereocenters. The number of carboxylic acid groups (broad SMARTS) is 1. The number of nitrogens with zero attached hydrogens (tertiary/aromatic N) is 2. The van der Waals surface area contributed by atoms with Crippen molar-refractivity contribution in [3.8, 4) is 5.75 Å². The van der Waals surface area contributed by atoms with Gasteiger partial charge >= 0.3 is 5.97 Å². The van der Waals surface area contributed by atoms with Gasteiger partial charge in [0, 0.05) is 16.5 Å². The monoisotopic (exact) mass is 416 g/mol. The van der Waals surface area contributed by atoms with Crippen LogP contribution in [0.15, 0.2) is 41.0 Å². The lowest BCUT2D eigenvalue weighted by Gasteiger charge is -2.49. The molecule has 0 aliphatic carbocycles. The number of ether oxygens (including phenoxy) is 1. The van der Waals surface area contributed by atoms with E-state index in [1.54, 1.807) is 7.11 Å². The van der Waals surface area contributed by atoms with E-state index in [1.807, 2.05) is 50.4 Å². The molecule has 1 saturated heterocycles. The van der Waals surface area contributed by atoms with Gasteiger partial charge in [-0.05, 0) is 73.9 Å². The predicted octanol–water partition coefficient (Wildman–Crippen LogP) is 4.85. The van der Waals surface area contributed by atoms with Gasteiger partial charge in [0.2, 0.25) is 0 Å². The minimum atomic E-state index is -1.18. The molecule has 0 bridgehead atoms. The average Bonchev–Trinajstić information content (AvgIpc) is 2.73. The fourth-order valence-electron chi connectivity index (χ4n) is 4.70. The Morgan fingerprint density at radius 2 is 1.90 bits per heavy atom. The van der Waals surface area contributed by atoms with E-state index in [4.69, 9.17) is 4.74 Å². The van der Waals surface area contributed by atoms with Gasteiger partial charge in [-0.1, -0.05) is 31.5 Å². The van der Waals surface area contributed by atoms with Gasteiger partial charge < -0.3 is 14.7 Å². The summed E-state index contributed by atoms with van der Waals surface area (Å²) >= 11 is 0.925. The molecule has 1 heterocycles. The third kappa shape index (κ3) is 3.73. The number of carboxylic acids is 1. The molecule has 1 aliphatic heterocycles. The Kier molecular flexibility index (Phi) is 6.49. The van der Waals surface area contributed by atoms with Crippen molar-refractivity contribution >= 4 is 28.7 Å². The first kappa shape index (κ1) is 21.6. The predicted molar refractivity (Wildman–Crippen MR) is 118 cm³/mol. The minimum Gasteiger partial charge on any atom is -0.497 e. The largest absolute Gasteiger partial charge is 0.497 e. The molecule has 29 heavy (non-hydrogen) atoms. The molecule has 3 rings (SSSR count). The fourth-order valence-corrected chi connectivity index (χ4v) is 5.67. The molecule has 2 aromatic rings. The highest BCUT2D eigenvalue weighted by Crippen LogP contribution is 2.54. The van der Waals surface area contributed by atoms with E-state index in [0.29, 0.717) is 25.7 Å². The molecule has 0 spiro atoms. The molecule has 6 nitrogen and oxygen atoms in total. The highest BCUT2D eigenvalue weighted by atomic mass is 32.2. The average molecular weight is 417 g/mol. The first-order chi connectivity index (χ1) is 13.9. The van der Waals surface area contributed by atoms with Crippen LogP contribution in [0, 0.1) is 4.91 Å². The number of fused-ring (bicyclic) bond motifs is 1. The van der Waals surface area contributed by atoms with Crippen LogP contribution >= 0.6 is 11.9 Å². The highest BCUT2D eigenvalue weighted by Gasteiger charge is 2.59. The number of nitroso groups, excluding NO2 is 1. The van der Waals surface area contributed by atoms with E-state index in [1.165, 1.54) is 0 Å². The van der Waals surface area contributed by atoms with E-state index in [-0.39, 0.29) is 0 Å². The Morgan fingerprint density at radius 3 is 2.48 bits per heavy atom. The lowest BCUT2D eigenvalue weighted by Crippen LogP contribution is -2.58. The number of aliphatic carboxylic acids is 1. The molecular weight excluding hydrogens is 388 g/mol. The second-order valence-corrected chi connectivity index (χ2v) is 8.96. The molecule has 2 aromatic carbocycles. The second-order valence-electron chi connectivity index (χ2n) is 7.85. The molecule has 1 aliphatic rings. The number of carbonyl (C=O) groups is 1. The van der Waals surface area contributed by atoms with Crippen molar-refractivity contribution in [1.82, 2.24) is 4.90 Å². The van der Waals surface area contributed by atoms with Gasteiger partial charge in [-0.25, -0.2) is 0 Å². The van der Waals surface area contributed by atoms with Crippen LogP contribution in [0.1, 0.15) is 38.2 Å². The van der Waals surface area contributed by atoms with E-state index in [2.05, 4.69) is 9.48 Å². The van der Waals surface area contributed by atoms with Gasteiger partial charge in [0.25, 0.3) is 0 Å². The first-order valence-corrected chi connectivity index (χ1v) is 10.7. The van der Waals surface area contributed by atoms with Crippen molar-refractivity contribution in [2.45, 2.75) is 42.8 Å². The van der Waals surface area contributed by atoms with Crippen LogP contribution in [0.25, 0.3) is 10.8 Å². The molecular formula is C22H28N2O4S. The summed E-state index contributed by atoms with van der Waals surface area (Å²) in [7, 11) is 3.65. The molecule has 0 saturated carbocycles. The van der Waals surface area contributed by atoms with Crippen LogP contribution in [-0.4, -0.2) is 48.0 Å². The van der Waals surface area contributed by atoms with Crippen LogP contribution in [0.5, 0.6) is 5.75 Å². The quantitative estimate of drug-likeness (QED) is 0.489. The maximum atomic E-state index is 12.9. The number of likely N-dealkylation sites (tertiary alicyclic amines) is 1. The number of piperidine rings is 1. The summed E-state index contributed by atoms with van der Waals surface area (Å²) in [6.07, 6.45) is 2.36. The van der Waals surface area contributed by atoms with Crippen molar-refractivity contribution in [3.05, 3.63) is 46.9 Å². The summed E-state index contributed by atoms with van der Waals surface area (Å²) < 4.78 is 7.69. The van der Waals surface area contributed by atoms with Crippen molar-refractivity contribution in [1.29, 1.82) is 0 Å². The molecule has 1 atom stereocenters. The van der Waals surface area contributed by atoms with Crippen molar-refractivity contribution in [2.24, 2.45) is 4.58 Å². The third-order valence-electron chi connectivity index (χ3n) is 6.31. The van der Waals surface area contributed by atoms with Gasteiger partial charge in [-0.2, -0.15) is 0 Å². The molecule has 156 valence electrons. The van der Waals surface area contributed by atoms with Crippen LogP contribution < -0.4 is 4.74 Å². The lowest BCUT2D eigenvalue weighted by atomic mass is 9.63. The lowest BCUT2D eigenvalue weighted by molar-refractivity contribution is -0.146. The highest BCUT2D eigenvalue weighted by molar-refractivity contribution is 7.99. The van der Waals surface area contributed by atoms with Gasteiger partial charge in [-0.3, -0.25) is 4.79 Å². The standard InChI is InChI=1S/C22H28N2O4S/c1-4-9-22(20(25)26,21(29-23-27)10-12-24(2)13-11-21)18-7-5-17-15-19(28-3)8-6-16(17)14-18/h5-8,14-15H,4,9-13H2,1-3H3,(H,25,26)/t22-/m0/s1. The Balaban J connectivity index is 2.21. The van der Waals surface area contributed by atoms with E-state index in [9.17, 15) is 14.8 Å². The van der Waals surface area contributed by atoms with E-state index < -0.39 is 16.1 Å². The molecule has 0 radical (unpaired) electrons. The first-order valence-electron chi connectivity index (χ1n) is 9.93. The Hall–Kier alpha value is -2.12. The molecule has 0 amide bonds. The molecule has 1 fully saturated rings.